The van der Waals surface area contributed by atoms with Gasteiger partial charge in [-0.25, -0.2) is 0 Å². The van der Waals surface area contributed by atoms with Gasteiger partial charge in [0.1, 0.15) is 0 Å². The molecule has 18 heavy (non-hydrogen) atoms. The SMILES string of the molecule is CCC(C)(CNC1CC1)CN(CCCO)C(C)C. The normalized spacial score (nSPS) is 19.5. The first-order chi connectivity index (χ1) is 8.50. The van der Waals surface area contributed by atoms with Crippen LogP contribution in [0.2, 0.25) is 0 Å². The number of nitrogens with one attached hydrogen (secondary N) is 1. The van der Waals surface area contributed by atoms with Gasteiger partial charge in [-0.1, -0.05) is 13.8 Å². The number of hydrogen-bond acceptors (Lipinski definition) is 3. The van der Waals surface area contributed by atoms with E-state index in [9.17, 15) is 0 Å². The zero-order valence-corrected chi connectivity index (χ0v) is 12.7. The van der Waals surface area contributed by atoms with Gasteiger partial charge in [0, 0.05) is 38.3 Å². The van der Waals surface area contributed by atoms with Crippen molar-refractivity contribution in [3.8, 4) is 0 Å². The number of rotatable bonds is 10. The Labute approximate surface area is 113 Å². The highest BCUT2D eigenvalue weighted by Gasteiger charge is 2.29. The van der Waals surface area contributed by atoms with Crippen LogP contribution in [0, 0.1) is 5.41 Å². The molecule has 1 aliphatic rings. The van der Waals surface area contributed by atoms with Crippen LogP contribution in [0.3, 0.4) is 0 Å². The molecule has 1 saturated carbocycles. The first-order valence-electron chi connectivity index (χ1n) is 7.59. The maximum atomic E-state index is 9.00. The molecule has 1 aliphatic carbocycles. The van der Waals surface area contributed by atoms with Gasteiger partial charge in [-0.15, -0.1) is 0 Å². The van der Waals surface area contributed by atoms with Crippen molar-refractivity contribution in [2.75, 3.05) is 26.2 Å². The lowest BCUT2D eigenvalue weighted by molar-refractivity contribution is 0.117. The van der Waals surface area contributed by atoms with E-state index in [4.69, 9.17) is 5.11 Å². The van der Waals surface area contributed by atoms with Gasteiger partial charge < -0.3 is 15.3 Å². The van der Waals surface area contributed by atoms with Gasteiger partial charge in [-0.2, -0.15) is 0 Å². The summed E-state index contributed by atoms with van der Waals surface area (Å²) in [4.78, 5) is 2.51. The lowest BCUT2D eigenvalue weighted by Crippen LogP contribution is -2.45. The highest BCUT2D eigenvalue weighted by Crippen LogP contribution is 2.26. The zero-order chi connectivity index (χ0) is 13.6. The fraction of sp³-hybridized carbons (Fsp3) is 1.00. The van der Waals surface area contributed by atoms with E-state index in [1.807, 2.05) is 0 Å². The van der Waals surface area contributed by atoms with Crippen LogP contribution in [0.5, 0.6) is 0 Å². The van der Waals surface area contributed by atoms with Crippen LogP contribution in [0.25, 0.3) is 0 Å². The van der Waals surface area contributed by atoms with Crippen molar-refractivity contribution in [1.82, 2.24) is 10.2 Å². The van der Waals surface area contributed by atoms with Crippen LogP contribution in [-0.2, 0) is 0 Å². The summed E-state index contributed by atoms with van der Waals surface area (Å²) in [6.45, 7) is 12.7. The van der Waals surface area contributed by atoms with Crippen LogP contribution in [0.1, 0.15) is 53.4 Å². The molecule has 1 atom stereocenters. The molecule has 0 bridgehead atoms. The van der Waals surface area contributed by atoms with E-state index >= 15 is 0 Å². The molecular formula is C15H32N2O. The molecule has 0 heterocycles. The molecule has 0 aliphatic heterocycles. The number of aliphatic hydroxyl groups is 1. The summed E-state index contributed by atoms with van der Waals surface area (Å²) in [5.41, 5.74) is 0.350. The quantitative estimate of drug-likeness (QED) is 0.629. The van der Waals surface area contributed by atoms with Crippen molar-refractivity contribution in [1.29, 1.82) is 0 Å². The topological polar surface area (TPSA) is 35.5 Å². The Morgan fingerprint density at radius 1 is 1.39 bits per heavy atom. The third-order valence-electron chi connectivity index (χ3n) is 4.17. The Balaban J connectivity index is 2.44. The molecule has 1 rings (SSSR count). The van der Waals surface area contributed by atoms with E-state index < -0.39 is 0 Å². The van der Waals surface area contributed by atoms with Gasteiger partial charge in [0.25, 0.3) is 0 Å². The molecule has 3 heteroatoms. The predicted octanol–water partition coefficient (Wildman–Crippen LogP) is 2.25. The Morgan fingerprint density at radius 3 is 2.50 bits per heavy atom. The molecule has 3 nitrogen and oxygen atoms in total. The summed E-state index contributed by atoms with van der Waals surface area (Å²) in [6, 6.07) is 1.35. The van der Waals surface area contributed by atoms with E-state index in [1.165, 1.54) is 19.3 Å². The Morgan fingerprint density at radius 2 is 2.06 bits per heavy atom. The minimum absolute atomic E-state index is 0.298. The Kier molecular flexibility index (Phi) is 6.61. The molecule has 2 N–H and O–H groups in total. The zero-order valence-electron chi connectivity index (χ0n) is 12.7. The molecule has 0 aromatic heterocycles. The minimum Gasteiger partial charge on any atom is -0.396 e. The summed E-state index contributed by atoms with van der Waals surface area (Å²) in [6.07, 6.45) is 4.81. The van der Waals surface area contributed by atoms with Crippen molar-refractivity contribution >= 4 is 0 Å². The van der Waals surface area contributed by atoms with Crippen molar-refractivity contribution in [2.24, 2.45) is 5.41 Å². The summed E-state index contributed by atoms with van der Waals surface area (Å²) in [5, 5.41) is 12.7. The smallest absolute Gasteiger partial charge is 0.0443 e. The van der Waals surface area contributed by atoms with Crippen LogP contribution in [0.15, 0.2) is 0 Å². The second-order valence-corrected chi connectivity index (χ2v) is 6.46. The fourth-order valence-electron chi connectivity index (χ4n) is 2.25. The van der Waals surface area contributed by atoms with Gasteiger partial charge in [0.2, 0.25) is 0 Å². The summed E-state index contributed by atoms with van der Waals surface area (Å²) >= 11 is 0. The fourth-order valence-corrected chi connectivity index (χ4v) is 2.25. The largest absolute Gasteiger partial charge is 0.396 e. The van der Waals surface area contributed by atoms with Crippen LogP contribution >= 0.6 is 0 Å². The Hall–Kier alpha value is -0.120. The maximum Gasteiger partial charge on any atom is 0.0443 e. The molecule has 1 unspecified atom stereocenters. The lowest BCUT2D eigenvalue weighted by atomic mass is 9.86. The molecular weight excluding hydrogens is 224 g/mol. The maximum absolute atomic E-state index is 9.00. The van der Waals surface area contributed by atoms with E-state index in [2.05, 4.69) is 37.9 Å². The average Bonchev–Trinajstić information content (AvgIpc) is 3.15. The molecule has 0 aromatic carbocycles. The van der Waals surface area contributed by atoms with Gasteiger partial charge >= 0.3 is 0 Å². The van der Waals surface area contributed by atoms with E-state index in [-0.39, 0.29) is 0 Å². The molecule has 0 aromatic rings. The molecule has 0 radical (unpaired) electrons. The highest BCUT2D eigenvalue weighted by atomic mass is 16.3. The highest BCUT2D eigenvalue weighted by molar-refractivity contribution is 4.87. The van der Waals surface area contributed by atoms with Crippen molar-refractivity contribution in [3.63, 3.8) is 0 Å². The second kappa shape index (κ2) is 7.46. The molecule has 0 saturated heterocycles. The monoisotopic (exact) mass is 256 g/mol. The van der Waals surface area contributed by atoms with Crippen LogP contribution in [0.4, 0.5) is 0 Å². The second-order valence-electron chi connectivity index (χ2n) is 6.46. The van der Waals surface area contributed by atoms with Crippen LogP contribution in [-0.4, -0.2) is 48.3 Å². The predicted molar refractivity (Wildman–Crippen MR) is 77.8 cm³/mol. The summed E-state index contributed by atoms with van der Waals surface area (Å²) in [5.74, 6) is 0. The Bertz CT molecular complexity index is 229. The lowest BCUT2D eigenvalue weighted by Gasteiger charge is -2.37. The first kappa shape index (κ1) is 15.9. The average molecular weight is 256 g/mol. The summed E-state index contributed by atoms with van der Waals surface area (Å²) in [7, 11) is 0. The van der Waals surface area contributed by atoms with Crippen LogP contribution < -0.4 is 5.32 Å². The molecule has 0 amide bonds. The molecule has 0 spiro atoms. The third kappa shape index (κ3) is 5.68. The van der Waals surface area contributed by atoms with Gasteiger partial charge in [0.15, 0.2) is 0 Å². The number of aliphatic hydroxyl groups excluding tert-OH is 1. The molecule has 1 fully saturated rings. The van der Waals surface area contributed by atoms with Gasteiger partial charge in [-0.3, -0.25) is 0 Å². The van der Waals surface area contributed by atoms with E-state index in [0.29, 0.717) is 18.1 Å². The van der Waals surface area contributed by atoms with Gasteiger partial charge in [0.05, 0.1) is 0 Å². The van der Waals surface area contributed by atoms with Crippen molar-refractivity contribution in [3.05, 3.63) is 0 Å². The minimum atomic E-state index is 0.298. The van der Waals surface area contributed by atoms with E-state index in [1.54, 1.807) is 0 Å². The standard InChI is InChI=1S/C15H32N2O/c1-5-15(4,11-16-14-7-8-14)12-17(13(2)3)9-6-10-18/h13-14,16,18H,5-12H2,1-4H3. The first-order valence-corrected chi connectivity index (χ1v) is 7.59. The van der Waals surface area contributed by atoms with Crippen molar-refractivity contribution < 1.29 is 5.11 Å². The van der Waals surface area contributed by atoms with Gasteiger partial charge in [-0.05, 0) is 44.9 Å². The van der Waals surface area contributed by atoms with E-state index in [0.717, 1.165) is 32.1 Å². The van der Waals surface area contributed by atoms with Crippen molar-refractivity contribution in [2.45, 2.75) is 65.5 Å². The summed E-state index contributed by atoms with van der Waals surface area (Å²) < 4.78 is 0. The third-order valence-corrected chi connectivity index (χ3v) is 4.17. The molecule has 108 valence electrons. The number of hydrogen-bond donors (Lipinski definition) is 2. The number of nitrogens with zero attached hydrogens (tertiary/aromatic N) is 1.